The van der Waals surface area contributed by atoms with Crippen molar-refractivity contribution in [1.82, 2.24) is 36.7 Å². The van der Waals surface area contributed by atoms with Crippen LogP contribution >= 0.6 is 15.9 Å². The number of hydrogen-bond acceptors (Lipinski definition) is 11. The summed E-state index contributed by atoms with van der Waals surface area (Å²) in [6.07, 6.45) is 36.9. The van der Waals surface area contributed by atoms with Gasteiger partial charge in [0.05, 0.1) is 29.3 Å². The predicted molar refractivity (Wildman–Crippen MR) is 408 cm³/mol. The van der Waals surface area contributed by atoms with Gasteiger partial charge >= 0.3 is 0 Å². The summed E-state index contributed by atoms with van der Waals surface area (Å²) in [5.41, 5.74) is 14.4. The number of rotatable bonds is 16. The molecule has 530 valence electrons. The molecule has 16 saturated carbocycles. The van der Waals surface area contributed by atoms with Gasteiger partial charge in [-0.25, -0.2) is 0 Å². The van der Waals surface area contributed by atoms with Crippen molar-refractivity contribution in [2.75, 3.05) is 13.1 Å². The van der Waals surface area contributed by atoms with E-state index in [4.69, 9.17) is 18.6 Å². The van der Waals surface area contributed by atoms with Gasteiger partial charge in [0.1, 0.15) is 0 Å². The Morgan fingerprint density at radius 3 is 0.929 bits per heavy atom. The first kappa shape index (κ1) is 71.6. The lowest BCUT2D eigenvalue weighted by Crippen LogP contribution is -2.58. The molecule has 24 rings (SSSR count). The molecule has 17 aliphatic rings. The van der Waals surface area contributed by atoms with E-state index in [9.17, 15) is 0 Å². The van der Waals surface area contributed by atoms with Crippen LogP contribution < -0.4 is 21.3 Å². The van der Waals surface area contributed by atoms with E-state index in [0.29, 0.717) is 22.2 Å². The maximum absolute atomic E-state index is 5.57. The van der Waals surface area contributed by atoms with Crippen LogP contribution in [0.25, 0.3) is 34.0 Å². The Kier molecular flexibility index (Phi) is 21.6. The van der Waals surface area contributed by atoms with Crippen LogP contribution in [0.2, 0.25) is 0 Å². The van der Waals surface area contributed by atoms with E-state index in [1.807, 2.05) is 18.2 Å². The lowest BCUT2D eigenvalue weighted by atomic mass is 9.53. The minimum absolute atomic E-state index is 0. The Morgan fingerprint density at radius 2 is 0.626 bits per heavy atom. The van der Waals surface area contributed by atoms with Gasteiger partial charge in [0.25, 0.3) is 0 Å². The van der Waals surface area contributed by atoms with Crippen LogP contribution in [0.15, 0.2) is 156 Å². The van der Waals surface area contributed by atoms with E-state index in [0.717, 1.165) is 165 Å². The molecule has 0 radical (unpaired) electrons. The summed E-state index contributed by atoms with van der Waals surface area (Å²) in [7, 11) is 0. The summed E-state index contributed by atoms with van der Waals surface area (Å²) in [4.78, 5) is 4.75. The van der Waals surface area contributed by atoms with Crippen LogP contribution in [0.5, 0.6) is 0 Å². The number of aromatic nitrogens is 3. The molecule has 0 amide bonds. The number of nitrogens with one attached hydrogen (secondary N) is 4. The highest BCUT2D eigenvalue weighted by molar-refractivity contribution is 9.10. The fraction of sp³-hybridized carbons (Fsp3) is 0.586. The molecule has 3 aromatic heterocycles. The van der Waals surface area contributed by atoms with Crippen LogP contribution in [-0.2, 0) is 19.6 Å². The maximum atomic E-state index is 5.57. The summed E-state index contributed by atoms with van der Waals surface area (Å²) in [5.74, 6) is 14.4. The molecular weight excluding hydrogens is 1280 g/mol. The molecule has 4 heterocycles. The van der Waals surface area contributed by atoms with Gasteiger partial charge in [-0.15, -0.1) is 0 Å². The van der Waals surface area contributed by atoms with Gasteiger partial charge in [-0.1, -0.05) is 163 Å². The highest BCUT2D eigenvalue weighted by atomic mass is 79.9. The SMILES string of the molecule is Brc1ccc(C2=NCC(CNC34CC5CC(CC(C5)C3)C4)=C2)cc1.C.C.C.C.Cc1ccc(-c2cc(CNC34CC5CC(CC(C5)C3)C4)no2)cc1.Cc1ccc(-c2cc(CNC34CC5CC(CC(C5)C3)C4)no2)cc1.c1ccc(-c2cc(CNC34CC5CC(CC(C5)C3)C4)no2)cc1. The Labute approximate surface area is 602 Å². The summed E-state index contributed by atoms with van der Waals surface area (Å²) in [5, 5.41) is 28.5. The molecule has 0 atom stereocenters. The first-order valence-electron chi connectivity index (χ1n) is 37.4. The molecule has 11 nitrogen and oxygen atoms in total. The van der Waals surface area contributed by atoms with Crippen molar-refractivity contribution in [2.24, 2.45) is 76.0 Å². The van der Waals surface area contributed by atoms with Gasteiger partial charge in [-0.2, -0.15) is 0 Å². The fourth-order valence-corrected chi connectivity index (χ4v) is 23.7. The normalized spacial score (nSPS) is 33.5. The lowest BCUT2D eigenvalue weighted by molar-refractivity contribution is -0.0209. The van der Waals surface area contributed by atoms with Gasteiger partial charge in [0.2, 0.25) is 0 Å². The molecule has 7 aromatic rings. The number of hydrogen-bond donors (Lipinski definition) is 4. The van der Waals surface area contributed by atoms with E-state index >= 15 is 0 Å². The van der Waals surface area contributed by atoms with E-state index in [-0.39, 0.29) is 29.7 Å². The molecule has 16 bridgehead atoms. The van der Waals surface area contributed by atoms with Crippen molar-refractivity contribution >= 4 is 21.6 Å². The van der Waals surface area contributed by atoms with E-state index in [1.54, 1.807) is 0 Å². The number of benzene rings is 4. The molecule has 16 aliphatic carbocycles. The first-order chi connectivity index (χ1) is 46.3. The van der Waals surface area contributed by atoms with Crippen LogP contribution in [-0.4, -0.2) is 56.4 Å². The summed E-state index contributed by atoms with van der Waals surface area (Å²) in [6, 6.07) is 41.9. The van der Waals surface area contributed by atoms with Crippen LogP contribution in [0.3, 0.4) is 0 Å². The number of nitrogens with zero attached hydrogens (tertiary/aromatic N) is 4. The molecule has 4 aromatic carbocycles. The lowest BCUT2D eigenvalue weighted by Gasteiger charge is -2.57. The minimum atomic E-state index is 0. The van der Waals surface area contributed by atoms with Crippen LogP contribution in [0, 0.1) is 84.9 Å². The van der Waals surface area contributed by atoms with Gasteiger partial charge in [0.15, 0.2) is 17.3 Å². The predicted octanol–water partition coefficient (Wildman–Crippen LogP) is 21.1. The standard InChI is InChI=1S/C21H25BrN2.2C21H26N2O.C20H24N2O.4CH4/c22-19-3-1-18(2-4-19)20-8-17(12-23-20)13-24-21-9-14-5-15(10-21)7-16(6-14)11-21;2*1-14-2-4-18(5-3-14)20-9-19(23-24-20)13-22-21-10-15-6-16(11-21)8-17(7-15)12-21;1-2-4-17(5-3-1)19-9-18(22-23-19)13-21-20-10-14-6-15(11-20)8-16(7-14)12-20;;;;/h1-4,8,14-16,24H,5-7,9-13H2;2*2-5,9,15-17,22H,6-8,10-13H2,1H3;1-5,9,14-16,21H,6-8,10-13H2;4*1H4. The van der Waals surface area contributed by atoms with Crippen molar-refractivity contribution in [2.45, 2.75) is 239 Å². The zero-order valence-corrected chi connectivity index (χ0v) is 58.0. The molecule has 99 heavy (non-hydrogen) atoms. The average Bonchev–Trinajstić information content (AvgIpc) is 1.55. The number of aryl methyl sites for hydroxylation is 2. The van der Waals surface area contributed by atoms with Gasteiger partial charge < -0.3 is 34.8 Å². The fourth-order valence-electron chi connectivity index (χ4n) is 23.4. The Bertz CT molecular complexity index is 3590. The van der Waals surface area contributed by atoms with E-state index in [2.05, 4.69) is 176 Å². The third-order valence-corrected chi connectivity index (χ3v) is 26.6. The molecule has 16 fully saturated rings. The van der Waals surface area contributed by atoms with E-state index < -0.39 is 0 Å². The largest absolute Gasteiger partial charge is 0.356 e. The van der Waals surface area contributed by atoms with Crippen molar-refractivity contribution in [3.05, 3.63) is 171 Å². The quantitative estimate of drug-likeness (QED) is 0.0740. The second-order valence-electron chi connectivity index (χ2n) is 33.9. The van der Waals surface area contributed by atoms with Crippen molar-refractivity contribution in [3.63, 3.8) is 0 Å². The number of aliphatic imine (C=N–C) groups is 1. The number of allylic oxidation sites excluding steroid dienone is 1. The second kappa shape index (κ2) is 29.9. The summed E-state index contributed by atoms with van der Waals surface area (Å²) >= 11 is 3.50. The summed E-state index contributed by atoms with van der Waals surface area (Å²) < 4.78 is 17.8. The zero-order valence-electron chi connectivity index (χ0n) is 56.5. The monoisotopic (exact) mass is 1400 g/mol. The van der Waals surface area contributed by atoms with Crippen molar-refractivity contribution in [3.8, 4) is 34.0 Å². The Balaban J connectivity index is 0.000000117. The molecule has 0 saturated heterocycles. The van der Waals surface area contributed by atoms with E-state index in [1.165, 1.54) is 176 Å². The highest BCUT2D eigenvalue weighted by Gasteiger charge is 2.54. The average molecular weight is 1400 g/mol. The Morgan fingerprint density at radius 1 is 0.354 bits per heavy atom. The topological polar surface area (TPSA) is 139 Å². The van der Waals surface area contributed by atoms with Crippen molar-refractivity contribution in [1.29, 1.82) is 0 Å². The van der Waals surface area contributed by atoms with Gasteiger partial charge in [-0.3, -0.25) is 4.99 Å². The molecule has 12 heteroatoms. The van der Waals surface area contributed by atoms with Gasteiger partial charge in [0, 0.05) is 87.7 Å². The zero-order chi connectivity index (χ0) is 63.7. The third kappa shape index (κ3) is 16.1. The smallest absolute Gasteiger partial charge is 0.167 e. The van der Waals surface area contributed by atoms with Crippen molar-refractivity contribution < 1.29 is 13.6 Å². The second-order valence-corrected chi connectivity index (χ2v) is 34.8. The van der Waals surface area contributed by atoms with Crippen LogP contribution in [0.4, 0.5) is 0 Å². The minimum Gasteiger partial charge on any atom is -0.356 e. The first-order valence-corrected chi connectivity index (χ1v) is 38.2. The van der Waals surface area contributed by atoms with Crippen LogP contribution in [0.1, 0.15) is 218 Å². The maximum Gasteiger partial charge on any atom is 0.167 e. The Hall–Kier alpha value is -5.76. The molecule has 0 spiro atoms. The highest BCUT2D eigenvalue weighted by Crippen LogP contribution is 2.59. The van der Waals surface area contributed by atoms with Gasteiger partial charge in [-0.05, 0) is 268 Å². The molecule has 4 N–H and O–H groups in total. The molecular formula is C87H117BrN8O3. The summed E-state index contributed by atoms with van der Waals surface area (Å²) in [6.45, 7) is 8.60. The third-order valence-electron chi connectivity index (χ3n) is 26.1. The molecule has 0 unspecified atom stereocenters. The molecule has 1 aliphatic heterocycles. The number of halogens is 1.